The van der Waals surface area contributed by atoms with Gasteiger partial charge < -0.3 is 14.8 Å². The zero-order valence-corrected chi connectivity index (χ0v) is 20.6. The van der Waals surface area contributed by atoms with Crippen LogP contribution in [0.3, 0.4) is 0 Å². The molecule has 34 heavy (non-hydrogen) atoms. The van der Waals surface area contributed by atoms with Gasteiger partial charge in [0.15, 0.2) is 0 Å². The average molecular weight is 483 g/mol. The summed E-state index contributed by atoms with van der Waals surface area (Å²) < 4.78 is 37.6. The predicted octanol–water partition coefficient (Wildman–Crippen LogP) is 4.74. The number of nitrogens with one attached hydrogen (secondary N) is 1. The molecule has 1 N–H and O–H groups in total. The zero-order valence-electron chi connectivity index (χ0n) is 19.8. The van der Waals surface area contributed by atoms with Crippen LogP contribution in [0.15, 0.2) is 78.9 Å². The quantitative estimate of drug-likeness (QED) is 0.451. The maximum Gasteiger partial charge on any atom is 0.243 e. The van der Waals surface area contributed by atoms with Gasteiger partial charge in [0.25, 0.3) is 0 Å². The van der Waals surface area contributed by atoms with Crippen LogP contribution in [-0.2, 0) is 21.4 Å². The summed E-state index contributed by atoms with van der Waals surface area (Å²) in [5.74, 6) is 1.58. The molecule has 0 aliphatic rings. The van der Waals surface area contributed by atoms with E-state index in [0.29, 0.717) is 17.2 Å². The highest BCUT2D eigenvalue weighted by Gasteiger charge is 2.29. The second-order valence-electron chi connectivity index (χ2n) is 8.17. The first-order chi connectivity index (χ1) is 16.1. The van der Waals surface area contributed by atoms with Crippen LogP contribution in [0.5, 0.6) is 17.2 Å². The van der Waals surface area contributed by atoms with Crippen LogP contribution < -0.4 is 19.1 Å². The first-order valence-corrected chi connectivity index (χ1v) is 12.8. The molecule has 0 saturated carbocycles. The van der Waals surface area contributed by atoms with Gasteiger partial charge in [-0.1, -0.05) is 30.3 Å². The van der Waals surface area contributed by atoms with E-state index in [4.69, 9.17) is 9.47 Å². The van der Waals surface area contributed by atoms with Gasteiger partial charge in [-0.05, 0) is 74.9 Å². The first-order valence-electron chi connectivity index (χ1n) is 11.0. The number of ether oxygens (including phenoxy) is 2. The maximum atomic E-state index is 12.8. The van der Waals surface area contributed by atoms with Crippen LogP contribution in [-0.4, -0.2) is 32.7 Å². The molecule has 1 unspecified atom stereocenters. The van der Waals surface area contributed by atoms with Crippen molar-refractivity contribution in [1.29, 1.82) is 0 Å². The minimum Gasteiger partial charge on any atom is -0.491 e. The Balaban J connectivity index is 1.68. The Hall–Kier alpha value is -3.52. The Morgan fingerprint density at radius 1 is 0.853 bits per heavy atom. The molecule has 0 saturated heterocycles. The Labute approximate surface area is 201 Å². The summed E-state index contributed by atoms with van der Waals surface area (Å²) in [7, 11) is -3.72. The van der Waals surface area contributed by atoms with Crippen LogP contribution in [0.25, 0.3) is 0 Å². The molecule has 7 nitrogen and oxygen atoms in total. The highest BCUT2D eigenvalue weighted by molar-refractivity contribution is 7.92. The summed E-state index contributed by atoms with van der Waals surface area (Å²) in [5, 5.41) is 2.81. The number of nitrogens with zero attached hydrogens (tertiary/aromatic N) is 1. The van der Waals surface area contributed by atoms with E-state index in [1.807, 2.05) is 68.4 Å². The number of rotatable bonds is 10. The lowest BCUT2D eigenvalue weighted by Gasteiger charge is -2.28. The summed E-state index contributed by atoms with van der Waals surface area (Å²) in [6.45, 7) is 5.73. The minimum absolute atomic E-state index is 0.0762. The number of para-hydroxylation sites is 1. The SMILES string of the molecule is CC(C)Oc1ccc(CNC(=O)C(C)N(c2ccc(Oc3ccccc3)cc2)S(C)(=O)=O)cc1. The number of hydrogen-bond acceptors (Lipinski definition) is 5. The van der Waals surface area contributed by atoms with E-state index in [1.54, 1.807) is 31.2 Å². The monoisotopic (exact) mass is 482 g/mol. The standard InChI is InChI=1S/C26H30N2O5S/c1-19(2)32-24-14-10-21(11-15-24)18-27-26(29)20(3)28(34(4,30)31)22-12-16-25(17-13-22)33-23-8-6-5-7-9-23/h5-17,19-20H,18H2,1-4H3,(H,27,29). The van der Waals surface area contributed by atoms with Crippen molar-refractivity contribution in [2.45, 2.75) is 39.5 Å². The number of benzene rings is 3. The molecule has 1 amide bonds. The maximum absolute atomic E-state index is 12.8. The number of sulfonamides is 1. The second-order valence-corrected chi connectivity index (χ2v) is 10.0. The fraction of sp³-hybridized carbons (Fsp3) is 0.269. The zero-order chi connectivity index (χ0) is 24.7. The predicted molar refractivity (Wildman–Crippen MR) is 134 cm³/mol. The minimum atomic E-state index is -3.72. The topological polar surface area (TPSA) is 84.9 Å². The Bertz CT molecular complexity index is 1180. The van der Waals surface area contributed by atoms with Crippen LogP contribution in [0, 0.1) is 0 Å². The number of carbonyl (C=O) groups excluding carboxylic acids is 1. The summed E-state index contributed by atoms with van der Waals surface area (Å²) >= 11 is 0. The van der Waals surface area contributed by atoms with E-state index in [2.05, 4.69) is 5.32 Å². The van der Waals surface area contributed by atoms with E-state index in [9.17, 15) is 13.2 Å². The molecule has 1 atom stereocenters. The number of anilines is 1. The van der Waals surface area contributed by atoms with Gasteiger partial charge in [-0.3, -0.25) is 9.10 Å². The molecule has 3 rings (SSSR count). The fourth-order valence-electron chi connectivity index (χ4n) is 3.39. The van der Waals surface area contributed by atoms with Gasteiger partial charge in [-0.15, -0.1) is 0 Å². The van der Waals surface area contributed by atoms with Gasteiger partial charge in [-0.2, -0.15) is 0 Å². The smallest absolute Gasteiger partial charge is 0.243 e. The Kier molecular flexibility index (Phi) is 8.17. The number of hydrogen-bond donors (Lipinski definition) is 1. The van der Waals surface area contributed by atoms with Gasteiger partial charge in [0.2, 0.25) is 15.9 Å². The third-order valence-corrected chi connectivity index (χ3v) is 6.16. The van der Waals surface area contributed by atoms with Crippen molar-refractivity contribution in [2.75, 3.05) is 10.6 Å². The van der Waals surface area contributed by atoms with Crippen molar-refractivity contribution >= 4 is 21.6 Å². The molecule has 3 aromatic carbocycles. The van der Waals surface area contributed by atoms with E-state index in [1.165, 1.54) is 0 Å². The Morgan fingerprint density at radius 3 is 1.97 bits per heavy atom. The number of carbonyl (C=O) groups is 1. The van der Waals surface area contributed by atoms with Crippen LogP contribution in [0.4, 0.5) is 5.69 Å². The van der Waals surface area contributed by atoms with E-state index in [0.717, 1.165) is 21.9 Å². The highest BCUT2D eigenvalue weighted by atomic mass is 32.2. The van der Waals surface area contributed by atoms with E-state index >= 15 is 0 Å². The van der Waals surface area contributed by atoms with Crippen LogP contribution >= 0.6 is 0 Å². The molecule has 180 valence electrons. The normalized spacial score (nSPS) is 12.1. The molecule has 0 aliphatic heterocycles. The molecule has 0 radical (unpaired) electrons. The molecule has 0 spiro atoms. The van der Waals surface area contributed by atoms with Gasteiger partial charge >= 0.3 is 0 Å². The fourth-order valence-corrected chi connectivity index (χ4v) is 4.56. The lowest BCUT2D eigenvalue weighted by Crippen LogP contribution is -2.47. The second kappa shape index (κ2) is 11.1. The van der Waals surface area contributed by atoms with Gasteiger partial charge in [0.05, 0.1) is 18.0 Å². The van der Waals surface area contributed by atoms with Crippen molar-refractivity contribution in [3.63, 3.8) is 0 Å². The lowest BCUT2D eigenvalue weighted by molar-refractivity contribution is -0.122. The van der Waals surface area contributed by atoms with E-state index in [-0.39, 0.29) is 12.6 Å². The van der Waals surface area contributed by atoms with Crippen molar-refractivity contribution in [3.8, 4) is 17.2 Å². The van der Waals surface area contributed by atoms with Crippen molar-refractivity contribution in [1.82, 2.24) is 5.32 Å². The molecule has 8 heteroatoms. The van der Waals surface area contributed by atoms with Gasteiger partial charge in [0, 0.05) is 6.54 Å². The van der Waals surface area contributed by atoms with Crippen molar-refractivity contribution < 1.29 is 22.7 Å². The van der Waals surface area contributed by atoms with Gasteiger partial charge in [0.1, 0.15) is 23.3 Å². The average Bonchev–Trinajstić information content (AvgIpc) is 2.79. The number of amides is 1. The molecule has 0 aromatic heterocycles. The third kappa shape index (κ3) is 6.99. The van der Waals surface area contributed by atoms with Gasteiger partial charge in [-0.25, -0.2) is 8.42 Å². The van der Waals surface area contributed by atoms with Crippen LogP contribution in [0.1, 0.15) is 26.3 Å². The third-order valence-electron chi connectivity index (χ3n) is 4.92. The Morgan fingerprint density at radius 2 is 1.41 bits per heavy atom. The first kappa shape index (κ1) is 25.1. The molecule has 0 fully saturated rings. The molecular weight excluding hydrogens is 452 g/mol. The molecule has 0 bridgehead atoms. The molecular formula is C26H30N2O5S. The lowest BCUT2D eigenvalue weighted by atomic mass is 10.2. The summed E-state index contributed by atoms with van der Waals surface area (Å²) in [4.78, 5) is 12.8. The molecule has 0 aliphatic carbocycles. The van der Waals surface area contributed by atoms with E-state index < -0.39 is 22.0 Å². The highest BCUT2D eigenvalue weighted by Crippen LogP contribution is 2.27. The summed E-state index contributed by atoms with van der Waals surface area (Å²) in [6.07, 6.45) is 1.16. The summed E-state index contributed by atoms with van der Waals surface area (Å²) in [6, 6.07) is 22.3. The van der Waals surface area contributed by atoms with Crippen molar-refractivity contribution in [3.05, 3.63) is 84.4 Å². The van der Waals surface area contributed by atoms with Crippen LogP contribution in [0.2, 0.25) is 0 Å². The van der Waals surface area contributed by atoms with Crippen molar-refractivity contribution in [2.24, 2.45) is 0 Å². The summed E-state index contributed by atoms with van der Waals surface area (Å²) in [5.41, 5.74) is 1.26. The molecule has 3 aromatic rings. The molecule has 0 heterocycles. The largest absolute Gasteiger partial charge is 0.491 e.